The summed E-state index contributed by atoms with van der Waals surface area (Å²) in [5, 5.41) is 0. The van der Waals surface area contributed by atoms with Gasteiger partial charge in [0.2, 0.25) is 0 Å². The molecule has 48 valence electrons. The third-order valence-corrected chi connectivity index (χ3v) is 1.49. The van der Waals surface area contributed by atoms with Gasteiger partial charge in [-0.25, -0.2) is 0 Å². The quantitative estimate of drug-likeness (QED) is 0.298. The summed E-state index contributed by atoms with van der Waals surface area (Å²) in [6, 6.07) is 0. The summed E-state index contributed by atoms with van der Waals surface area (Å²) < 4.78 is 1.15. The number of unbranched alkanes of at least 4 members (excludes halogenated alkanes) is 2. The van der Waals surface area contributed by atoms with Crippen LogP contribution in [0.2, 0.25) is 0 Å². The molecule has 0 bridgehead atoms. The van der Waals surface area contributed by atoms with E-state index in [4.69, 9.17) is 0 Å². The number of hydrogen-bond donors (Lipinski definition) is 0. The molecule has 0 unspecified atom stereocenters. The van der Waals surface area contributed by atoms with Gasteiger partial charge in [0.25, 0.3) is 0 Å². The van der Waals surface area contributed by atoms with Crippen molar-refractivity contribution >= 4 is 22.6 Å². The molecular formula is C7H13I. The summed E-state index contributed by atoms with van der Waals surface area (Å²) in [7, 11) is 0. The average molecular weight is 224 g/mol. The van der Waals surface area contributed by atoms with Crippen LogP contribution in [0, 0.1) is 0 Å². The van der Waals surface area contributed by atoms with Crippen molar-refractivity contribution in [2.75, 3.05) is 4.43 Å². The van der Waals surface area contributed by atoms with Crippen LogP contribution < -0.4 is 0 Å². The molecule has 0 saturated heterocycles. The van der Waals surface area contributed by atoms with Crippen LogP contribution in [0.1, 0.15) is 26.2 Å². The molecule has 0 aliphatic heterocycles. The highest BCUT2D eigenvalue weighted by Gasteiger charge is 1.74. The zero-order valence-electron chi connectivity index (χ0n) is 5.36. The molecule has 0 aliphatic carbocycles. The van der Waals surface area contributed by atoms with Gasteiger partial charge in [0.05, 0.1) is 0 Å². The van der Waals surface area contributed by atoms with Gasteiger partial charge >= 0.3 is 0 Å². The first-order valence-corrected chi connectivity index (χ1v) is 4.65. The van der Waals surface area contributed by atoms with Crippen molar-refractivity contribution in [1.82, 2.24) is 0 Å². The van der Waals surface area contributed by atoms with Gasteiger partial charge in [-0.05, 0) is 6.42 Å². The fourth-order valence-corrected chi connectivity index (χ4v) is 0.862. The molecule has 0 aromatic heterocycles. The number of allylic oxidation sites excluding steroid dienone is 2. The Morgan fingerprint density at radius 1 is 1.38 bits per heavy atom. The van der Waals surface area contributed by atoms with Crippen molar-refractivity contribution in [3.05, 3.63) is 12.2 Å². The van der Waals surface area contributed by atoms with Gasteiger partial charge in [-0.15, -0.1) is 0 Å². The number of hydrogen-bond acceptors (Lipinski definition) is 0. The van der Waals surface area contributed by atoms with Crippen LogP contribution in [-0.2, 0) is 0 Å². The van der Waals surface area contributed by atoms with Crippen LogP contribution in [0.3, 0.4) is 0 Å². The van der Waals surface area contributed by atoms with Crippen molar-refractivity contribution in [1.29, 1.82) is 0 Å². The Morgan fingerprint density at radius 2 is 2.12 bits per heavy atom. The Kier molecular flexibility index (Phi) is 7.91. The molecule has 0 heterocycles. The summed E-state index contributed by atoms with van der Waals surface area (Å²) in [4.78, 5) is 0. The molecule has 1 heteroatoms. The lowest BCUT2D eigenvalue weighted by molar-refractivity contribution is 0.814. The van der Waals surface area contributed by atoms with E-state index in [-0.39, 0.29) is 0 Å². The van der Waals surface area contributed by atoms with E-state index < -0.39 is 0 Å². The van der Waals surface area contributed by atoms with Gasteiger partial charge in [-0.1, -0.05) is 54.5 Å². The summed E-state index contributed by atoms with van der Waals surface area (Å²) in [5.41, 5.74) is 0. The van der Waals surface area contributed by atoms with E-state index >= 15 is 0 Å². The maximum atomic E-state index is 2.35. The highest BCUT2D eigenvalue weighted by Crippen LogP contribution is 1.95. The zero-order chi connectivity index (χ0) is 6.24. The largest absolute Gasteiger partial charge is 0.0878 e. The van der Waals surface area contributed by atoms with Gasteiger partial charge in [0.15, 0.2) is 0 Å². The number of alkyl halides is 1. The van der Waals surface area contributed by atoms with E-state index in [0.717, 1.165) is 4.43 Å². The smallest absolute Gasteiger partial charge is 0.0175 e. The summed E-state index contributed by atoms with van der Waals surface area (Å²) in [5.74, 6) is 0. The Labute approximate surface area is 65.5 Å². The summed E-state index contributed by atoms with van der Waals surface area (Å²) in [6.45, 7) is 2.22. The molecule has 8 heavy (non-hydrogen) atoms. The first-order valence-electron chi connectivity index (χ1n) is 3.12. The van der Waals surface area contributed by atoms with Gasteiger partial charge in [-0.2, -0.15) is 0 Å². The van der Waals surface area contributed by atoms with Gasteiger partial charge in [0.1, 0.15) is 0 Å². The lowest BCUT2D eigenvalue weighted by Gasteiger charge is -1.85. The van der Waals surface area contributed by atoms with Gasteiger partial charge < -0.3 is 0 Å². The van der Waals surface area contributed by atoms with E-state index in [1.165, 1.54) is 19.3 Å². The van der Waals surface area contributed by atoms with Crippen LogP contribution in [-0.4, -0.2) is 4.43 Å². The van der Waals surface area contributed by atoms with E-state index in [1.807, 2.05) is 0 Å². The standard InChI is InChI=1S/C7H13I/c1-2-3-4-5-6-7-8/h5-6H,2-4,7H2,1H3/b6-5+. The predicted octanol–water partition coefficient (Wildman–Crippen LogP) is 3.17. The zero-order valence-corrected chi connectivity index (χ0v) is 7.52. The molecule has 0 N–H and O–H groups in total. The molecule has 0 aromatic carbocycles. The Hall–Kier alpha value is 0.470. The highest BCUT2D eigenvalue weighted by atomic mass is 127. The SMILES string of the molecule is CCCC/C=C/CI. The Bertz CT molecular complexity index is 57.4. The monoisotopic (exact) mass is 224 g/mol. The molecule has 0 atom stereocenters. The Balaban J connectivity index is 2.80. The van der Waals surface area contributed by atoms with E-state index in [1.54, 1.807) is 0 Å². The summed E-state index contributed by atoms with van der Waals surface area (Å²) >= 11 is 2.35. The molecule has 0 radical (unpaired) electrons. The van der Waals surface area contributed by atoms with Gasteiger partial charge in [0, 0.05) is 4.43 Å². The summed E-state index contributed by atoms with van der Waals surface area (Å²) in [6.07, 6.45) is 8.39. The first kappa shape index (κ1) is 8.47. The fraction of sp³-hybridized carbons (Fsp3) is 0.714. The van der Waals surface area contributed by atoms with Crippen molar-refractivity contribution < 1.29 is 0 Å². The van der Waals surface area contributed by atoms with Crippen molar-refractivity contribution in [2.24, 2.45) is 0 Å². The molecule has 0 nitrogen and oxygen atoms in total. The predicted molar refractivity (Wildman–Crippen MR) is 47.6 cm³/mol. The fourth-order valence-electron chi connectivity index (χ4n) is 0.503. The van der Waals surface area contributed by atoms with Gasteiger partial charge in [-0.3, -0.25) is 0 Å². The highest BCUT2D eigenvalue weighted by molar-refractivity contribution is 14.1. The topological polar surface area (TPSA) is 0 Å². The van der Waals surface area contributed by atoms with Crippen molar-refractivity contribution in [3.8, 4) is 0 Å². The molecule has 0 fully saturated rings. The van der Waals surface area contributed by atoms with Crippen LogP contribution in [0.15, 0.2) is 12.2 Å². The normalized spacial score (nSPS) is 10.8. The average Bonchev–Trinajstić information content (AvgIpc) is 1.81. The second-order valence-corrected chi connectivity index (χ2v) is 2.65. The second kappa shape index (κ2) is 7.47. The maximum Gasteiger partial charge on any atom is 0.0175 e. The molecular weight excluding hydrogens is 211 g/mol. The molecule has 0 rings (SSSR count). The molecule has 0 aromatic rings. The lowest BCUT2D eigenvalue weighted by Crippen LogP contribution is -1.66. The van der Waals surface area contributed by atoms with E-state index in [0.29, 0.717) is 0 Å². The molecule has 0 saturated carbocycles. The van der Waals surface area contributed by atoms with Crippen LogP contribution in [0.5, 0.6) is 0 Å². The lowest BCUT2D eigenvalue weighted by atomic mass is 10.2. The Morgan fingerprint density at radius 3 is 2.62 bits per heavy atom. The minimum Gasteiger partial charge on any atom is -0.0878 e. The second-order valence-electron chi connectivity index (χ2n) is 1.77. The minimum atomic E-state index is 1.15. The molecule has 0 amide bonds. The molecule has 0 spiro atoms. The van der Waals surface area contributed by atoms with Crippen LogP contribution in [0.25, 0.3) is 0 Å². The van der Waals surface area contributed by atoms with Crippen LogP contribution in [0.4, 0.5) is 0 Å². The number of halogens is 1. The van der Waals surface area contributed by atoms with Crippen LogP contribution >= 0.6 is 22.6 Å². The molecule has 0 aliphatic rings. The van der Waals surface area contributed by atoms with E-state index in [2.05, 4.69) is 41.7 Å². The van der Waals surface area contributed by atoms with E-state index in [9.17, 15) is 0 Å². The first-order chi connectivity index (χ1) is 3.91. The maximum absolute atomic E-state index is 2.35. The third kappa shape index (κ3) is 6.47. The minimum absolute atomic E-state index is 1.15. The van der Waals surface area contributed by atoms with Crippen molar-refractivity contribution in [3.63, 3.8) is 0 Å². The number of rotatable bonds is 4. The van der Waals surface area contributed by atoms with Crippen molar-refractivity contribution in [2.45, 2.75) is 26.2 Å². The third-order valence-electron chi connectivity index (χ3n) is 0.980.